The SMILES string of the molecule is O=C(OCc1ccccc1)N1CCCN(c2nc3ccccc3c3nnc(-c4ccccc4Cl)n23)CC1. The van der Waals surface area contributed by atoms with Gasteiger partial charge in [-0.25, -0.2) is 14.2 Å². The van der Waals surface area contributed by atoms with Crippen molar-refractivity contribution >= 4 is 40.2 Å². The molecule has 1 saturated heterocycles. The van der Waals surface area contributed by atoms with Crippen LogP contribution < -0.4 is 4.90 Å². The summed E-state index contributed by atoms with van der Waals surface area (Å²) in [6.07, 6.45) is 0.475. The van der Waals surface area contributed by atoms with Crippen LogP contribution in [-0.2, 0) is 11.3 Å². The fourth-order valence-electron chi connectivity index (χ4n) is 4.71. The second kappa shape index (κ2) is 10.1. The lowest BCUT2D eigenvalue weighted by Gasteiger charge is -2.24. The fraction of sp³-hybridized carbons (Fsp3) is 0.214. The van der Waals surface area contributed by atoms with Crippen LogP contribution >= 0.6 is 11.6 Å². The summed E-state index contributed by atoms with van der Waals surface area (Å²) in [6.45, 7) is 2.71. The van der Waals surface area contributed by atoms with Crippen molar-refractivity contribution < 1.29 is 9.53 Å². The van der Waals surface area contributed by atoms with Crippen LogP contribution in [0, 0.1) is 0 Å². The number of benzene rings is 3. The molecule has 3 heterocycles. The Morgan fingerprint density at radius 2 is 1.65 bits per heavy atom. The maximum absolute atomic E-state index is 12.8. The van der Waals surface area contributed by atoms with Gasteiger partial charge in [0, 0.05) is 37.1 Å². The summed E-state index contributed by atoms with van der Waals surface area (Å²) in [5.74, 6) is 1.37. The number of para-hydroxylation sites is 1. The Balaban J connectivity index is 1.32. The minimum Gasteiger partial charge on any atom is -0.445 e. The number of hydrogen-bond donors (Lipinski definition) is 0. The molecule has 6 rings (SSSR count). The summed E-state index contributed by atoms with van der Waals surface area (Å²) in [6, 6.07) is 25.2. The third-order valence-electron chi connectivity index (χ3n) is 6.59. The molecule has 0 aliphatic carbocycles. The summed E-state index contributed by atoms with van der Waals surface area (Å²) in [5, 5.41) is 10.6. The zero-order valence-corrected chi connectivity index (χ0v) is 20.9. The topological polar surface area (TPSA) is 75.9 Å². The summed E-state index contributed by atoms with van der Waals surface area (Å²) in [7, 11) is 0. The standard InChI is InChI=1S/C28H25ClN6O2/c29-23-13-6-4-11-21(23)25-31-32-26-22-12-5-7-14-24(22)30-27(35(25)26)33-15-8-16-34(18-17-33)28(36)37-19-20-9-2-1-3-10-20/h1-7,9-14H,8,15-19H2. The van der Waals surface area contributed by atoms with E-state index in [1.54, 1.807) is 4.90 Å². The molecule has 9 heteroatoms. The van der Waals surface area contributed by atoms with Gasteiger partial charge < -0.3 is 14.5 Å². The second-order valence-corrected chi connectivity index (χ2v) is 9.37. The van der Waals surface area contributed by atoms with E-state index >= 15 is 0 Å². The van der Waals surface area contributed by atoms with Crippen molar-refractivity contribution in [2.24, 2.45) is 0 Å². The highest BCUT2D eigenvalue weighted by molar-refractivity contribution is 6.33. The first-order chi connectivity index (χ1) is 18.2. The van der Waals surface area contributed by atoms with Gasteiger partial charge in [0.25, 0.3) is 0 Å². The number of hydrogen-bond acceptors (Lipinski definition) is 6. The molecule has 8 nitrogen and oxygen atoms in total. The predicted octanol–water partition coefficient (Wildman–Crippen LogP) is 5.45. The van der Waals surface area contributed by atoms with Crippen molar-refractivity contribution in [2.75, 3.05) is 31.1 Å². The van der Waals surface area contributed by atoms with E-state index in [9.17, 15) is 4.79 Å². The highest BCUT2D eigenvalue weighted by Gasteiger charge is 2.25. The van der Waals surface area contributed by atoms with Crippen molar-refractivity contribution in [1.82, 2.24) is 24.5 Å². The van der Waals surface area contributed by atoms with Gasteiger partial charge in [0.05, 0.1) is 10.5 Å². The second-order valence-electron chi connectivity index (χ2n) is 8.96. The summed E-state index contributed by atoms with van der Waals surface area (Å²) in [5.41, 5.74) is 3.32. The number of fused-ring (bicyclic) bond motifs is 3. The van der Waals surface area contributed by atoms with Crippen LogP contribution in [0.25, 0.3) is 27.9 Å². The van der Waals surface area contributed by atoms with Crippen molar-refractivity contribution in [3.8, 4) is 11.4 Å². The molecule has 1 amide bonds. The molecule has 2 aromatic heterocycles. The Hall–Kier alpha value is -4.17. The Morgan fingerprint density at radius 1 is 0.865 bits per heavy atom. The fourth-order valence-corrected chi connectivity index (χ4v) is 4.93. The quantitative estimate of drug-likeness (QED) is 0.319. The van der Waals surface area contributed by atoms with Crippen LogP contribution in [0.3, 0.4) is 0 Å². The number of nitrogens with zero attached hydrogens (tertiary/aromatic N) is 6. The van der Waals surface area contributed by atoms with Gasteiger partial charge in [-0.1, -0.05) is 66.2 Å². The van der Waals surface area contributed by atoms with Gasteiger partial charge >= 0.3 is 6.09 Å². The van der Waals surface area contributed by atoms with Crippen LogP contribution in [0.2, 0.25) is 5.02 Å². The van der Waals surface area contributed by atoms with Crippen LogP contribution in [0.5, 0.6) is 0 Å². The highest BCUT2D eigenvalue weighted by Crippen LogP contribution is 2.32. The van der Waals surface area contributed by atoms with Gasteiger partial charge in [-0.15, -0.1) is 10.2 Å². The molecule has 186 valence electrons. The molecule has 0 spiro atoms. The first-order valence-electron chi connectivity index (χ1n) is 12.3. The van der Waals surface area contributed by atoms with Gasteiger partial charge in [0.2, 0.25) is 5.95 Å². The molecule has 0 unspecified atom stereocenters. The van der Waals surface area contributed by atoms with E-state index < -0.39 is 0 Å². The molecule has 37 heavy (non-hydrogen) atoms. The Kier molecular flexibility index (Phi) is 6.32. The van der Waals surface area contributed by atoms with Crippen LogP contribution in [0.4, 0.5) is 10.7 Å². The Bertz CT molecular complexity index is 1570. The molecule has 0 N–H and O–H groups in total. The maximum atomic E-state index is 12.8. The van der Waals surface area contributed by atoms with E-state index in [1.165, 1.54) is 0 Å². The lowest BCUT2D eigenvalue weighted by Crippen LogP contribution is -2.36. The summed E-state index contributed by atoms with van der Waals surface area (Å²) < 4.78 is 7.56. The van der Waals surface area contributed by atoms with E-state index in [0.29, 0.717) is 30.5 Å². The monoisotopic (exact) mass is 512 g/mol. The number of aromatic nitrogens is 4. The van der Waals surface area contributed by atoms with E-state index in [1.807, 2.05) is 83.3 Å². The lowest BCUT2D eigenvalue weighted by atomic mass is 10.2. The molecule has 3 aromatic carbocycles. The van der Waals surface area contributed by atoms with E-state index in [2.05, 4.69) is 15.1 Å². The van der Waals surface area contributed by atoms with Gasteiger partial charge in [-0.2, -0.15) is 0 Å². The summed E-state index contributed by atoms with van der Waals surface area (Å²) >= 11 is 6.55. The number of carbonyl (C=O) groups is 1. The van der Waals surface area contributed by atoms with E-state index in [4.69, 9.17) is 21.3 Å². The molecule has 5 aromatic rings. The molecular formula is C28H25ClN6O2. The zero-order chi connectivity index (χ0) is 25.2. The Labute approximate surface area is 219 Å². The van der Waals surface area contributed by atoms with Crippen LogP contribution in [0.15, 0.2) is 78.9 Å². The molecular weight excluding hydrogens is 488 g/mol. The van der Waals surface area contributed by atoms with Crippen molar-refractivity contribution in [1.29, 1.82) is 0 Å². The van der Waals surface area contributed by atoms with Gasteiger partial charge in [0.1, 0.15) is 6.61 Å². The largest absolute Gasteiger partial charge is 0.445 e. The molecule has 0 bridgehead atoms. The molecule has 0 saturated carbocycles. The number of anilines is 1. The van der Waals surface area contributed by atoms with Crippen LogP contribution in [0.1, 0.15) is 12.0 Å². The third-order valence-corrected chi connectivity index (χ3v) is 6.91. The zero-order valence-electron chi connectivity index (χ0n) is 20.1. The normalized spacial score (nSPS) is 14.2. The molecule has 1 aliphatic rings. The van der Waals surface area contributed by atoms with Crippen molar-refractivity contribution in [3.05, 3.63) is 89.4 Å². The number of rotatable bonds is 4. The highest BCUT2D eigenvalue weighted by atomic mass is 35.5. The van der Waals surface area contributed by atoms with Gasteiger partial charge in [-0.05, 0) is 36.2 Å². The van der Waals surface area contributed by atoms with E-state index in [0.717, 1.165) is 46.6 Å². The Morgan fingerprint density at radius 3 is 2.51 bits per heavy atom. The number of ether oxygens (including phenoxy) is 1. The lowest BCUT2D eigenvalue weighted by molar-refractivity contribution is 0.0986. The minimum atomic E-state index is -0.302. The summed E-state index contributed by atoms with van der Waals surface area (Å²) in [4.78, 5) is 21.8. The smallest absolute Gasteiger partial charge is 0.410 e. The van der Waals surface area contributed by atoms with Crippen molar-refractivity contribution in [3.63, 3.8) is 0 Å². The average molecular weight is 513 g/mol. The number of amides is 1. The maximum Gasteiger partial charge on any atom is 0.410 e. The predicted molar refractivity (Wildman–Crippen MR) is 144 cm³/mol. The van der Waals surface area contributed by atoms with Crippen molar-refractivity contribution in [2.45, 2.75) is 13.0 Å². The number of halogens is 1. The van der Waals surface area contributed by atoms with Gasteiger partial charge in [-0.3, -0.25) is 0 Å². The molecule has 1 fully saturated rings. The first-order valence-corrected chi connectivity index (χ1v) is 12.7. The van der Waals surface area contributed by atoms with E-state index in [-0.39, 0.29) is 12.7 Å². The number of carbonyl (C=O) groups excluding carboxylic acids is 1. The van der Waals surface area contributed by atoms with Gasteiger partial charge in [0.15, 0.2) is 11.5 Å². The minimum absolute atomic E-state index is 0.259. The third kappa shape index (κ3) is 4.56. The molecule has 1 aliphatic heterocycles. The molecule has 0 atom stereocenters. The molecule has 0 radical (unpaired) electrons. The van der Waals surface area contributed by atoms with Crippen LogP contribution in [-0.4, -0.2) is 56.8 Å². The average Bonchev–Trinajstić information content (AvgIpc) is 3.23. The first kappa shape index (κ1) is 23.2.